The Morgan fingerprint density at radius 2 is 1.00 bits per heavy atom. The number of hydrogen-bond acceptors (Lipinski definition) is 1. The van der Waals surface area contributed by atoms with Crippen LogP contribution in [0.2, 0.25) is 0 Å². The van der Waals surface area contributed by atoms with Crippen molar-refractivity contribution in [2.75, 3.05) is 0 Å². The predicted molar refractivity (Wildman–Crippen MR) is 157 cm³/mol. The van der Waals surface area contributed by atoms with E-state index in [2.05, 4.69) is 148 Å². The van der Waals surface area contributed by atoms with Gasteiger partial charge < -0.3 is 0 Å². The zero-order valence-electron chi connectivity index (χ0n) is 20.4. The third-order valence-electron chi connectivity index (χ3n) is 5.97. The van der Waals surface area contributed by atoms with Gasteiger partial charge in [-0.1, -0.05) is 127 Å². The molecule has 0 heterocycles. The number of rotatable bonds is 8. The number of benzene rings is 4. The van der Waals surface area contributed by atoms with Crippen molar-refractivity contribution in [3.05, 3.63) is 115 Å². The quantitative estimate of drug-likeness (QED) is 0.276. The molecule has 0 bridgehead atoms. The molecule has 174 valence electrons. The topological polar surface area (TPSA) is 3.24 Å². The van der Waals surface area contributed by atoms with Gasteiger partial charge in [-0.25, -0.2) is 0 Å². The number of hydrogen-bond donors (Lipinski definition) is 0. The van der Waals surface area contributed by atoms with Crippen molar-refractivity contribution in [2.24, 2.45) is 0 Å². The van der Waals surface area contributed by atoms with E-state index in [-0.39, 0.29) is 0 Å². The molecule has 4 aromatic carbocycles. The van der Waals surface area contributed by atoms with Gasteiger partial charge in [0.1, 0.15) is 0 Å². The fourth-order valence-electron chi connectivity index (χ4n) is 4.76. The van der Waals surface area contributed by atoms with Crippen LogP contribution < -0.4 is 26.5 Å². The van der Waals surface area contributed by atoms with Crippen LogP contribution in [-0.2, 0) is 11.8 Å². The highest BCUT2D eigenvalue weighted by molar-refractivity contribution is 8.21. The van der Waals surface area contributed by atoms with Gasteiger partial charge >= 0.3 is 0 Å². The van der Waals surface area contributed by atoms with Gasteiger partial charge in [0, 0.05) is 22.7 Å². The normalized spacial score (nSPS) is 13.5. The molecule has 4 rings (SSSR count). The largest absolute Gasteiger partial charge is 0.263 e. The highest BCUT2D eigenvalue weighted by Crippen LogP contribution is 2.51. The molecule has 0 aliphatic heterocycles. The molecular weight excluding hydrogens is 468 g/mol. The summed E-state index contributed by atoms with van der Waals surface area (Å²) in [7, 11) is -0.750. The second kappa shape index (κ2) is 11.1. The van der Waals surface area contributed by atoms with Gasteiger partial charge in [-0.2, -0.15) is 0 Å². The molecule has 4 heteroatoms. The molecule has 0 aliphatic carbocycles. The minimum absolute atomic E-state index is 0.332. The molecule has 0 saturated carbocycles. The highest BCUT2D eigenvalue weighted by atomic mass is 32.4. The van der Waals surface area contributed by atoms with E-state index < -0.39 is 14.1 Å². The van der Waals surface area contributed by atoms with Crippen molar-refractivity contribution in [2.45, 2.75) is 39.8 Å². The van der Waals surface area contributed by atoms with Crippen molar-refractivity contribution in [3.8, 4) is 0 Å². The minimum Gasteiger partial charge on any atom is -0.263 e. The highest BCUT2D eigenvalue weighted by Gasteiger charge is 2.36. The maximum absolute atomic E-state index is 6.86. The first-order valence-electron chi connectivity index (χ1n) is 11.9. The van der Waals surface area contributed by atoms with Gasteiger partial charge in [0.15, 0.2) is 0 Å². The molecule has 0 saturated heterocycles. The second-order valence-electron chi connectivity index (χ2n) is 8.97. The van der Waals surface area contributed by atoms with Crippen LogP contribution in [0.4, 0.5) is 0 Å². The fraction of sp³-hybridized carbons (Fsp3) is 0.200. The van der Waals surface area contributed by atoms with E-state index in [4.69, 9.17) is 11.8 Å². The van der Waals surface area contributed by atoms with Crippen LogP contribution >= 0.6 is 14.1 Å². The smallest absolute Gasteiger partial charge is 0.0721 e. The summed E-state index contributed by atoms with van der Waals surface area (Å²) < 4.78 is 2.60. The lowest BCUT2D eigenvalue weighted by molar-refractivity contribution is 0.327. The first-order chi connectivity index (χ1) is 16.4. The summed E-state index contributed by atoms with van der Waals surface area (Å²) >= 11 is 6.86. The molecule has 0 spiro atoms. The van der Waals surface area contributed by atoms with E-state index in [1.807, 2.05) is 0 Å². The van der Waals surface area contributed by atoms with E-state index in [0.29, 0.717) is 12.1 Å². The third kappa shape index (κ3) is 4.98. The Bertz CT molecular complexity index is 1190. The third-order valence-corrected chi connectivity index (χ3v) is 14.0. The Kier molecular flexibility index (Phi) is 8.18. The first kappa shape index (κ1) is 25.0. The van der Waals surface area contributed by atoms with Crippen LogP contribution in [0.15, 0.2) is 115 Å². The molecule has 0 amide bonds. The lowest BCUT2D eigenvalue weighted by atomic mass is 10.3. The molecule has 1 atom stereocenters. The van der Waals surface area contributed by atoms with Crippen LogP contribution in [0.3, 0.4) is 0 Å². The maximum atomic E-state index is 6.86. The molecule has 0 radical (unpaired) electrons. The predicted octanol–water partition coefficient (Wildman–Crippen LogP) is 5.91. The average Bonchev–Trinajstić information content (AvgIpc) is 2.86. The summed E-state index contributed by atoms with van der Waals surface area (Å²) in [6.07, 6.45) is -2.30. The van der Waals surface area contributed by atoms with Crippen LogP contribution in [0.1, 0.15) is 27.7 Å². The number of nitrogens with zero attached hydrogens (tertiary/aromatic N) is 1. The second-order valence-corrected chi connectivity index (χ2v) is 15.4. The summed E-state index contributed by atoms with van der Waals surface area (Å²) in [6.45, 7) is 9.13. The van der Waals surface area contributed by atoms with Crippen molar-refractivity contribution in [3.63, 3.8) is 0 Å². The van der Waals surface area contributed by atoms with Crippen LogP contribution in [0.5, 0.6) is 0 Å². The lowest BCUT2D eigenvalue weighted by Gasteiger charge is -2.43. The van der Waals surface area contributed by atoms with Crippen LogP contribution in [0, 0.1) is 0 Å². The van der Waals surface area contributed by atoms with E-state index in [1.165, 1.54) is 26.5 Å². The van der Waals surface area contributed by atoms with Crippen molar-refractivity contribution >= 4 is 52.4 Å². The molecule has 1 unspecified atom stereocenters. The average molecular weight is 502 g/mol. The molecule has 0 N–H and O–H groups in total. The maximum Gasteiger partial charge on any atom is 0.0721 e. The Balaban J connectivity index is 2.04. The molecule has 4 aromatic rings. The van der Waals surface area contributed by atoms with E-state index >= 15 is 0 Å². The van der Waals surface area contributed by atoms with Gasteiger partial charge in [-0.05, 0) is 51.5 Å². The Hall–Kier alpha value is -2.08. The van der Waals surface area contributed by atoms with Crippen molar-refractivity contribution in [1.82, 2.24) is 4.67 Å². The van der Waals surface area contributed by atoms with Gasteiger partial charge in [0.2, 0.25) is 0 Å². The Labute approximate surface area is 211 Å². The molecule has 0 aromatic heterocycles. The molecule has 0 fully saturated rings. The van der Waals surface area contributed by atoms with Crippen LogP contribution in [-0.4, -0.2) is 16.8 Å². The Morgan fingerprint density at radius 1 is 0.588 bits per heavy atom. The SMILES string of the molecule is CC(C)N(C(C)C)P(=S)(c1ccccc1)c1ccccc1P(c1ccccc1)c1ccccc1. The van der Waals surface area contributed by atoms with Gasteiger partial charge in [-0.3, -0.25) is 4.67 Å². The van der Waals surface area contributed by atoms with Gasteiger partial charge in [0.05, 0.1) is 6.19 Å². The molecule has 34 heavy (non-hydrogen) atoms. The first-order valence-corrected chi connectivity index (χ1v) is 16.0. The van der Waals surface area contributed by atoms with Crippen molar-refractivity contribution < 1.29 is 0 Å². The summed E-state index contributed by atoms with van der Waals surface area (Å²) in [5.74, 6) is 0. The molecular formula is C30H33NP2S. The Morgan fingerprint density at radius 3 is 1.47 bits per heavy atom. The zero-order valence-corrected chi connectivity index (χ0v) is 23.0. The molecule has 1 nitrogen and oxygen atoms in total. The van der Waals surface area contributed by atoms with Crippen molar-refractivity contribution in [1.29, 1.82) is 0 Å². The monoisotopic (exact) mass is 501 g/mol. The fourth-order valence-corrected chi connectivity index (χ4v) is 13.4. The van der Waals surface area contributed by atoms with E-state index in [0.717, 1.165) is 0 Å². The summed E-state index contributed by atoms with van der Waals surface area (Å²) in [5, 5.41) is 6.65. The molecule has 0 aliphatic rings. The summed E-state index contributed by atoms with van der Waals surface area (Å²) in [6, 6.07) is 42.4. The summed E-state index contributed by atoms with van der Waals surface area (Å²) in [4.78, 5) is 0. The summed E-state index contributed by atoms with van der Waals surface area (Å²) in [5.41, 5.74) is 0. The van der Waals surface area contributed by atoms with E-state index in [1.54, 1.807) is 0 Å². The van der Waals surface area contributed by atoms with Gasteiger partial charge in [-0.15, -0.1) is 0 Å². The lowest BCUT2D eigenvalue weighted by Crippen LogP contribution is -2.44. The zero-order chi connectivity index (χ0) is 24.1. The van der Waals surface area contributed by atoms with Crippen LogP contribution in [0.25, 0.3) is 0 Å². The van der Waals surface area contributed by atoms with E-state index in [9.17, 15) is 0 Å². The minimum atomic E-state index is -2.30. The standard InChI is InChI=1S/C30H33NP2S/c1-24(2)31(25(3)4)33(34,28-20-12-7-13-21-28)30-23-15-14-22-29(30)32(26-16-8-5-9-17-26)27-18-10-6-11-19-27/h5-25H,1-4H3. The van der Waals surface area contributed by atoms with Gasteiger partial charge in [0.25, 0.3) is 0 Å².